The van der Waals surface area contributed by atoms with Crippen molar-refractivity contribution in [3.05, 3.63) is 30.3 Å². The van der Waals surface area contributed by atoms with E-state index in [9.17, 15) is 9.59 Å². The molecule has 0 aliphatic carbocycles. The molecule has 0 aromatic heterocycles. The molecular formula is C19H30N4O2. The summed E-state index contributed by atoms with van der Waals surface area (Å²) in [6.07, 6.45) is 1.74. The maximum atomic E-state index is 12.4. The fourth-order valence-electron chi connectivity index (χ4n) is 2.73. The Hall–Kier alpha value is -1.92. The molecule has 1 aromatic rings. The second-order valence-corrected chi connectivity index (χ2v) is 7.39. The third-order valence-electron chi connectivity index (χ3n) is 5.02. The minimum atomic E-state index is -0.521. The number of piperidine rings is 1. The van der Waals surface area contributed by atoms with Gasteiger partial charge in [0.1, 0.15) is 0 Å². The fourth-order valence-corrected chi connectivity index (χ4v) is 2.73. The van der Waals surface area contributed by atoms with Crippen LogP contribution in [0.5, 0.6) is 0 Å². The van der Waals surface area contributed by atoms with Gasteiger partial charge in [-0.05, 0) is 52.9 Å². The first kappa shape index (κ1) is 19.4. The van der Waals surface area contributed by atoms with E-state index < -0.39 is 5.54 Å². The van der Waals surface area contributed by atoms with Crippen molar-refractivity contribution in [3.63, 3.8) is 0 Å². The molecule has 25 heavy (non-hydrogen) atoms. The van der Waals surface area contributed by atoms with Crippen molar-refractivity contribution >= 4 is 17.5 Å². The van der Waals surface area contributed by atoms with Crippen LogP contribution in [-0.4, -0.2) is 66.9 Å². The second kappa shape index (κ2) is 8.45. The maximum Gasteiger partial charge on any atom is 0.240 e. The van der Waals surface area contributed by atoms with Crippen LogP contribution < -0.4 is 10.6 Å². The molecule has 138 valence electrons. The first-order valence-corrected chi connectivity index (χ1v) is 8.84. The van der Waals surface area contributed by atoms with E-state index in [0.717, 1.165) is 31.6 Å². The molecule has 0 atom stereocenters. The molecule has 1 aromatic carbocycles. The van der Waals surface area contributed by atoms with Gasteiger partial charge in [0, 0.05) is 24.8 Å². The van der Waals surface area contributed by atoms with E-state index in [1.165, 1.54) is 0 Å². The quantitative estimate of drug-likeness (QED) is 0.820. The third-order valence-corrected chi connectivity index (χ3v) is 5.02. The van der Waals surface area contributed by atoms with E-state index >= 15 is 0 Å². The molecule has 6 nitrogen and oxygen atoms in total. The van der Waals surface area contributed by atoms with E-state index in [2.05, 4.69) is 15.5 Å². The molecule has 0 radical (unpaired) electrons. The Bertz CT molecular complexity index is 578. The zero-order valence-corrected chi connectivity index (χ0v) is 15.7. The van der Waals surface area contributed by atoms with Crippen LogP contribution in [0.2, 0.25) is 0 Å². The SMILES string of the molecule is CN(C)C(C)(C)C(=O)NC1CCN(CC(=O)Nc2ccccc2)CC1. The number of para-hydroxylation sites is 1. The van der Waals surface area contributed by atoms with Crippen LogP contribution in [0, 0.1) is 0 Å². The highest BCUT2D eigenvalue weighted by molar-refractivity contribution is 5.92. The minimum Gasteiger partial charge on any atom is -0.352 e. The standard InChI is InChI=1S/C19H30N4O2/c1-19(2,22(3)4)18(25)21-16-10-12-23(13-11-16)14-17(24)20-15-8-6-5-7-9-15/h5-9,16H,10-14H2,1-4H3,(H,20,24)(H,21,25). The van der Waals surface area contributed by atoms with Crippen LogP contribution in [0.3, 0.4) is 0 Å². The predicted molar refractivity (Wildman–Crippen MR) is 100 cm³/mol. The predicted octanol–water partition coefficient (Wildman–Crippen LogP) is 1.55. The number of likely N-dealkylation sites (N-methyl/N-ethyl adjacent to an activating group) is 1. The number of rotatable bonds is 6. The molecular weight excluding hydrogens is 316 g/mol. The molecule has 2 N–H and O–H groups in total. The van der Waals surface area contributed by atoms with E-state index in [1.54, 1.807) is 0 Å². The first-order chi connectivity index (χ1) is 11.8. The van der Waals surface area contributed by atoms with Gasteiger partial charge in [0.2, 0.25) is 11.8 Å². The van der Waals surface area contributed by atoms with Crippen molar-refractivity contribution in [2.75, 3.05) is 39.0 Å². The normalized spacial score (nSPS) is 16.7. The smallest absolute Gasteiger partial charge is 0.240 e. The van der Waals surface area contributed by atoms with Gasteiger partial charge in [-0.2, -0.15) is 0 Å². The van der Waals surface area contributed by atoms with Crippen LogP contribution in [0.15, 0.2) is 30.3 Å². The number of nitrogens with zero attached hydrogens (tertiary/aromatic N) is 2. The lowest BCUT2D eigenvalue weighted by atomic mass is 9.99. The van der Waals surface area contributed by atoms with Crippen LogP contribution in [0.4, 0.5) is 5.69 Å². The van der Waals surface area contributed by atoms with Gasteiger partial charge in [-0.25, -0.2) is 0 Å². The number of hydrogen-bond donors (Lipinski definition) is 2. The Kier molecular flexibility index (Phi) is 6.56. The highest BCUT2D eigenvalue weighted by atomic mass is 16.2. The average molecular weight is 346 g/mol. The van der Waals surface area contributed by atoms with Gasteiger partial charge < -0.3 is 10.6 Å². The molecule has 1 aliphatic rings. The van der Waals surface area contributed by atoms with Crippen LogP contribution >= 0.6 is 0 Å². The molecule has 1 fully saturated rings. The average Bonchev–Trinajstić information content (AvgIpc) is 2.57. The second-order valence-electron chi connectivity index (χ2n) is 7.39. The summed E-state index contributed by atoms with van der Waals surface area (Å²) in [5, 5.41) is 6.06. The monoisotopic (exact) mass is 346 g/mol. The number of carbonyl (C=O) groups is 2. The third kappa shape index (κ3) is 5.54. The molecule has 2 rings (SSSR count). The first-order valence-electron chi connectivity index (χ1n) is 8.84. The van der Waals surface area contributed by atoms with Gasteiger partial charge >= 0.3 is 0 Å². The minimum absolute atomic E-state index is 0.00225. The molecule has 2 amide bonds. The lowest BCUT2D eigenvalue weighted by molar-refractivity contribution is -0.131. The molecule has 0 unspecified atom stereocenters. The van der Waals surface area contributed by atoms with Crippen molar-refractivity contribution in [3.8, 4) is 0 Å². The lowest BCUT2D eigenvalue weighted by Gasteiger charge is -2.36. The summed E-state index contributed by atoms with van der Waals surface area (Å²) in [5.41, 5.74) is 0.299. The number of hydrogen-bond acceptors (Lipinski definition) is 4. The Morgan fingerprint density at radius 2 is 1.76 bits per heavy atom. The number of likely N-dealkylation sites (tertiary alicyclic amines) is 1. The van der Waals surface area contributed by atoms with E-state index in [1.807, 2.05) is 63.2 Å². The lowest BCUT2D eigenvalue weighted by Crippen LogP contribution is -2.56. The Balaban J connectivity index is 1.74. The molecule has 0 bridgehead atoms. The van der Waals surface area contributed by atoms with Crippen molar-refractivity contribution in [1.82, 2.24) is 15.1 Å². The van der Waals surface area contributed by atoms with Gasteiger partial charge in [-0.3, -0.25) is 19.4 Å². The molecule has 0 spiro atoms. The summed E-state index contributed by atoms with van der Waals surface area (Å²) in [6, 6.07) is 9.67. The highest BCUT2D eigenvalue weighted by Crippen LogP contribution is 2.15. The van der Waals surface area contributed by atoms with Gasteiger partial charge in [-0.1, -0.05) is 18.2 Å². The zero-order chi connectivity index (χ0) is 18.4. The Morgan fingerprint density at radius 3 is 2.32 bits per heavy atom. The highest BCUT2D eigenvalue weighted by Gasteiger charge is 2.32. The van der Waals surface area contributed by atoms with Gasteiger partial charge in [0.05, 0.1) is 12.1 Å². The van der Waals surface area contributed by atoms with Gasteiger partial charge in [0.25, 0.3) is 0 Å². The van der Waals surface area contributed by atoms with Gasteiger partial charge in [-0.15, -0.1) is 0 Å². The van der Waals surface area contributed by atoms with Crippen molar-refractivity contribution in [2.24, 2.45) is 0 Å². The van der Waals surface area contributed by atoms with E-state index in [4.69, 9.17) is 0 Å². The summed E-state index contributed by atoms with van der Waals surface area (Å²) in [5.74, 6) is 0.0557. The molecule has 6 heteroatoms. The summed E-state index contributed by atoms with van der Waals surface area (Å²) in [7, 11) is 3.82. The Morgan fingerprint density at radius 1 is 1.16 bits per heavy atom. The maximum absolute atomic E-state index is 12.4. The summed E-state index contributed by atoms with van der Waals surface area (Å²) < 4.78 is 0. The van der Waals surface area contributed by atoms with Crippen LogP contribution in [0.1, 0.15) is 26.7 Å². The topological polar surface area (TPSA) is 64.7 Å². The van der Waals surface area contributed by atoms with E-state index in [0.29, 0.717) is 6.54 Å². The number of carbonyl (C=O) groups excluding carboxylic acids is 2. The van der Waals surface area contributed by atoms with E-state index in [-0.39, 0.29) is 17.9 Å². The molecule has 0 saturated carbocycles. The van der Waals surface area contributed by atoms with Crippen molar-refractivity contribution < 1.29 is 9.59 Å². The van der Waals surface area contributed by atoms with Crippen LogP contribution in [-0.2, 0) is 9.59 Å². The molecule has 1 aliphatic heterocycles. The van der Waals surface area contributed by atoms with Crippen LogP contribution in [0.25, 0.3) is 0 Å². The zero-order valence-electron chi connectivity index (χ0n) is 15.7. The summed E-state index contributed by atoms with van der Waals surface area (Å²) >= 11 is 0. The summed E-state index contributed by atoms with van der Waals surface area (Å²) in [6.45, 7) is 5.86. The molecule has 1 heterocycles. The number of benzene rings is 1. The number of amides is 2. The fraction of sp³-hybridized carbons (Fsp3) is 0.579. The number of anilines is 1. The summed E-state index contributed by atoms with van der Waals surface area (Å²) in [4.78, 5) is 28.6. The van der Waals surface area contributed by atoms with Crippen molar-refractivity contribution in [2.45, 2.75) is 38.3 Å². The largest absolute Gasteiger partial charge is 0.352 e. The Labute approximate surface area is 150 Å². The van der Waals surface area contributed by atoms with Gasteiger partial charge in [0.15, 0.2) is 0 Å². The molecule has 1 saturated heterocycles. The van der Waals surface area contributed by atoms with Crippen molar-refractivity contribution in [1.29, 1.82) is 0 Å². The number of nitrogens with one attached hydrogen (secondary N) is 2.